The fourth-order valence-electron chi connectivity index (χ4n) is 2.14. The average molecular weight is 410 g/mol. The first-order valence-corrected chi connectivity index (χ1v) is 8.80. The summed E-state index contributed by atoms with van der Waals surface area (Å²) in [6, 6.07) is 2.51. The maximum Gasteiger partial charge on any atom is 0.417 e. The maximum absolute atomic E-state index is 12.8. The van der Waals surface area contributed by atoms with Gasteiger partial charge in [0.2, 0.25) is 5.91 Å². The maximum atomic E-state index is 12.8. The second-order valence-electron chi connectivity index (χ2n) is 5.72. The predicted octanol–water partition coefficient (Wildman–Crippen LogP) is 3.20. The smallest absolute Gasteiger partial charge is 0.322 e. The summed E-state index contributed by atoms with van der Waals surface area (Å²) < 4.78 is 38.5. The number of nitrogens with one attached hydrogen (secondary N) is 2. The van der Waals surface area contributed by atoms with Gasteiger partial charge in [-0.25, -0.2) is 4.79 Å². The molecule has 2 N–H and O–H groups in total. The van der Waals surface area contributed by atoms with Crippen LogP contribution in [0.5, 0.6) is 0 Å². The zero-order valence-electron chi connectivity index (χ0n) is 13.7. The lowest BCUT2D eigenvalue weighted by Gasteiger charge is -2.19. The molecule has 11 heteroatoms. The number of rotatable bonds is 5. The van der Waals surface area contributed by atoms with Crippen molar-refractivity contribution < 1.29 is 27.6 Å². The summed E-state index contributed by atoms with van der Waals surface area (Å²) in [5, 5.41) is 2.60. The van der Waals surface area contributed by atoms with Gasteiger partial charge in [0.1, 0.15) is 5.54 Å². The number of nitrogens with zero attached hydrogens (tertiary/aromatic N) is 1. The minimum absolute atomic E-state index is 0.174. The Morgan fingerprint density at radius 2 is 2.04 bits per heavy atom. The van der Waals surface area contributed by atoms with Crippen molar-refractivity contribution in [3.8, 4) is 0 Å². The van der Waals surface area contributed by atoms with E-state index in [0.717, 1.165) is 23.9 Å². The van der Waals surface area contributed by atoms with Gasteiger partial charge in [0.15, 0.2) is 0 Å². The number of urea groups is 1. The van der Waals surface area contributed by atoms with Gasteiger partial charge in [-0.3, -0.25) is 15.0 Å². The summed E-state index contributed by atoms with van der Waals surface area (Å²) in [6.45, 7) is 3.23. The van der Waals surface area contributed by atoms with Crippen LogP contribution in [0.15, 0.2) is 23.1 Å². The number of thioether (sulfide) groups is 1. The minimum atomic E-state index is -4.61. The van der Waals surface area contributed by atoms with Crippen molar-refractivity contribution >= 4 is 41.2 Å². The highest BCUT2D eigenvalue weighted by atomic mass is 35.5. The summed E-state index contributed by atoms with van der Waals surface area (Å²) in [5.41, 5.74) is 0.0538. The van der Waals surface area contributed by atoms with Crippen molar-refractivity contribution in [2.45, 2.75) is 36.9 Å². The van der Waals surface area contributed by atoms with E-state index in [-0.39, 0.29) is 10.6 Å². The van der Waals surface area contributed by atoms with Crippen LogP contribution in [-0.2, 0) is 15.8 Å². The lowest BCUT2D eigenvalue weighted by molar-refractivity contribution is -0.138. The Kier molecular flexibility index (Phi) is 5.76. The second kappa shape index (κ2) is 7.36. The number of amides is 4. The van der Waals surface area contributed by atoms with E-state index in [1.54, 1.807) is 6.92 Å². The molecular weight excluding hydrogens is 395 g/mol. The normalized spacial score (nSPS) is 20.3. The van der Waals surface area contributed by atoms with Crippen LogP contribution in [0.25, 0.3) is 0 Å². The summed E-state index contributed by atoms with van der Waals surface area (Å²) in [5.74, 6) is -1.60. The van der Waals surface area contributed by atoms with Crippen LogP contribution in [0, 0.1) is 0 Å². The molecule has 1 saturated heterocycles. The number of hydrogen-bond acceptors (Lipinski definition) is 4. The van der Waals surface area contributed by atoms with Gasteiger partial charge in [-0.1, -0.05) is 18.5 Å². The first-order valence-electron chi connectivity index (χ1n) is 7.43. The number of carbonyl (C=O) groups is 3. The third-order valence-electron chi connectivity index (χ3n) is 3.82. The summed E-state index contributed by atoms with van der Waals surface area (Å²) in [4.78, 5) is 36.1. The zero-order chi connectivity index (χ0) is 19.7. The fourth-order valence-corrected chi connectivity index (χ4v) is 3.10. The van der Waals surface area contributed by atoms with Crippen LogP contribution in [0.1, 0.15) is 25.8 Å². The predicted molar refractivity (Wildman–Crippen MR) is 89.4 cm³/mol. The summed E-state index contributed by atoms with van der Waals surface area (Å²) >= 11 is 6.35. The molecule has 0 aliphatic carbocycles. The first kappa shape index (κ1) is 20.4. The van der Waals surface area contributed by atoms with Gasteiger partial charge in [-0.2, -0.15) is 18.2 Å². The van der Waals surface area contributed by atoms with Gasteiger partial charge >= 0.3 is 12.2 Å². The van der Waals surface area contributed by atoms with E-state index < -0.39 is 40.1 Å². The van der Waals surface area contributed by atoms with Crippen molar-refractivity contribution in [3.63, 3.8) is 0 Å². The molecule has 1 aromatic rings. The highest BCUT2D eigenvalue weighted by Crippen LogP contribution is 2.37. The van der Waals surface area contributed by atoms with E-state index in [0.29, 0.717) is 11.4 Å². The molecule has 1 atom stereocenters. The Balaban J connectivity index is 2.00. The van der Waals surface area contributed by atoms with Gasteiger partial charge in [0.05, 0.1) is 16.3 Å². The quantitative estimate of drug-likeness (QED) is 0.578. The molecule has 6 nitrogen and oxygen atoms in total. The molecule has 26 heavy (non-hydrogen) atoms. The van der Waals surface area contributed by atoms with Crippen LogP contribution in [0.2, 0.25) is 5.02 Å². The molecule has 0 spiro atoms. The van der Waals surface area contributed by atoms with Gasteiger partial charge in [-0.15, -0.1) is 11.8 Å². The van der Waals surface area contributed by atoms with Gasteiger partial charge < -0.3 is 5.32 Å². The average Bonchev–Trinajstić information content (AvgIpc) is 2.77. The molecule has 0 radical (unpaired) electrons. The topological polar surface area (TPSA) is 78.5 Å². The van der Waals surface area contributed by atoms with E-state index in [1.807, 2.05) is 0 Å². The Morgan fingerprint density at radius 3 is 2.58 bits per heavy atom. The highest BCUT2D eigenvalue weighted by molar-refractivity contribution is 8.00. The van der Waals surface area contributed by atoms with Crippen molar-refractivity contribution in [2.75, 3.05) is 5.75 Å². The molecule has 0 saturated carbocycles. The van der Waals surface area contributed by atoms with Gasteiger partial charge in [-0.05, 0) is 31.5 Å². The van der Waals surface area contributed by atoms with Crippen LogP contribution in [0.3, 0.4) is 0 Å². The number of imide groups is 1. The molecule has 1 aromatic carbocycles. The number of alkyl halides is 3. The third kappa shape index (κ3) is 4.24. The molecular formula is C15H15ClF3N3O3S. The van der Waals surface area contributed by atoms with E-state index in [9.17, 15) is 27.6 Å². The number of benzene rings is 1. The van der Waals surface area contributed by atoms with Crippen molar-refractivity contribution in [1.29, 1.82) is 0 Å². The zero-order valence-corrected chi connectivity index (χ0v) is 15.3. The Labute approximate surface area is 156 Å². The SMILES string of the molecule is CCC1(C)NC(=O)N(NC(=O)CSc2ccc(Cl)c(C(F)(F)F)c2)C1=O. The Bertz CT molecular complexity index is 759. The molecule has 142 valence electrons. The lowest BCUT2D eigenvalue weighted by Crippen LogP contribution is -2.49. The molecule has 1 aliphatic rings. The molecule has 1 fully saturated rings. The third-order valence-corrected chi connectivity index (χ3v) is 5.14. The molecule has 0 aromatic heterocycles. The number of hydrazine groups is 1. The Morgan fingerprint density at radius 1 is 1.38 bits per heavy atom. The van der Waals surface area contributed by atoms with Crippen LogP contribution < -0.4 is 10.7 Å². The van der Waals surface area contributed by atoms with E-state index >= 15 is 0 Å². The van der Waals surface area contributed by atoms with Gasteiger partial charge in [0, 0.05) is 4.90 Å². The number of halogens is 4. The lowest BCUT2D eigenvalue weighted by atomic mass is 10.00. The number of hydrogen-bond donors (Lipinski definition) is 2. The molecule has 2 rings (SSSR count). The minimum Gasteiger partial charge on any atom is -0.322 e. The summed E-state index contributed by atoms with van der Waals surface area (Å²) in [7, 11) is 0. The fraction of sp³-hybridized carbons (Fsp3) is 0.400. The molecule has 0 bridgehead atoms. The Hall–Kier alpha value is -1.94. The van der Waals surface area contributed by atoms with Crippen molar-refractivity contribution in [2.24, 2.45) is 0 Å². The van der Waals surface area contributed by atoms with Crippen molar-refractivity contribution in [3.05, 3.63) is 28.8 Å². The van der Waals surface area contributed by atoms with Crippen molar-refractivity contribution in [1.82, 2.24) is 15.8 Å². The standard InChI is InChI=1S/C15H15ClF3N3O3S/c1-3-14(2)12(24)22(13(25)20-14)21-11(23)7-26-8-4-5-10(16)9(6-8)15(17,18)19/h4-6H,3,7H2,1-2H3,(H,20,25)(H,21,23). The monoisotopic (exact) mass is 409 g/mol. The van der Waals surface area contributed by atoms with E-state index in [4.69, 9.17) is 11.6 Å². The van der Waals surface area contributed by atoms with E-state index in [1.165, 1.54) is 13.0 Å². The highest BCUT2D eigenvalue weighted by Gasteiger charge is 2.47. The molecule has 4 amide bonds. The first-order chi connectivity index (χ1) is 12.0. The molecule has 1 unspecified atom stereocenters. The van der Waals surface area contributed by atoms with Crippen LogP contribution in [0.4, 0.5) is 18.0 Å². The summed E-state index contributed by atoms with van der Waals surface area (Å²) in [6.07, 6.45) is -4.27. The van der Waals surface area contributed by atoms with E-state index in [2.05, 4.69) is 10.7 Å². The molecule has 1 heterocycles. The largest absolute Gasteiger partial charge is 0.417 e. The number of carbonyl (C=O) groups excluding carboxylic acids is 3. The van der Waals surface area contributed by atoms with Gasteiger partial charge in [0.25, 0.3) is 5.91 Å². The second-order valence-corrected chi connectivity index (χ2v) is 7.18. The molecule has 1 aliphatic heterocycles. The van der Waals surface area contributed by atoms with Crippen LogP contribution >= 0.6 is 23.4 Å². The van der Waals surface area contributed by atoms with Crippen LogP contribution in [-0.4, -0.2) is 34.1 Å².